The lowest BCUT2D eigenvalue weighted by Gasteiger charge is -2.36. The standard InChI is InChI=1S/C16H22ClN5O2S/c1-18-16(19-10-13(23)14-2-3-15(17)25-14)22-7-5-21(6-8-22)11-12-4-9-24-20-12/h2-4,9,13,23H,5-8,10-11H2,1H3,(H,18,19). The summed E-state index contributed by atoms with van der Waals surface area (Å²) in [5.74, 6) is 0.808. The number of piperazine rings is 1. The number of hydrogen-bond acceptors (Lipinski definition) is 6. The van der Waals surface area contributed by atoms with Crippen molar-refractivity contribution in [1.29, 1.82) is 0 Å². The molecule has 1 saturated heterocycles. The van der Waals surface area contributed by atoms with Gasteiger partial charge in [-0.1, -0.05) is 16.8 Å². The summed E-state index contributed by atoms with van der Waals surface area (Å²) in [5.41, 5.74) is 0.952. The molecule has 1 fully saturated rings. The number of nitrogens with one attached hydrogen (secondary N) is 1. The molecule has 0 bridgehead atoms. The van der Waals surface area contributed by atoms with Crippen LogP contribution in [0.4, 0.5) is 0 Å². The molecule has 2 aromatic rings. The van der Waals surface area contributed by atoms with Gasteiger partial charge in [0.2, 0.25) is 0 Å². The molecule has 0 saturated carbocycles. The van der Waals surface area contributed by atoms with E-state index in [1.165, 1.54) is 11.3 Å². The molecule has 3 heterocycles. The van der Waals surface area contributed by atoms with Crippen molar-refractivity contribution in [3.63, 3.8) is 0 Å². The highest BCUT2D eigenvalue weighted by Gasteiger charge is 2.21. The van der Waals surface area contributed by atoms with E-state index in [1.54, 1.807) is 19.4 Å². The third-order valence-electron chi connectivity index (χ3n) is 4.14. The maximum absolute atomic E-state index is 10.3. The first-order chi connectivity index (χ1) is 12.2. The Labute approximate surface area is 155 Å². The first kappa shape index (κ1) is 18.2. The average Bonchev–Trinajstić information content (AvgIpc) is 3.28. The summed E-state index contributed by atoms with van der Waals surface area (Å²) in [6.45, 7) is 4.81. The van der Waals surface area contributed by atoms with E-state index in [9.17, 15) is 5.11 Å². The van der Waals surface area contributed by atoms with Gasteiger partial charge < -0.3 is 19.8 Å². The van der Waals surface area contributed by atoms with E-state index in [2.05, 4.69) is 25.3 Å². The molecule has 25 heavy (non-hydrogen) atoms. The highest BCUT2D eigenvalue weighted by molar-refractivity contribution is 7.16. The van der Waals surface area contributed by atoms with E-state index in [4.69, 9.17) is 16.1 Å². The molecule has 0 radical (unpaired) electrons. The fourth-order valence-electron chi connectivity index (χ4n) is 2.79. The van der Waals surface area contributed by atoms with E-state index in [-0.39, 0.29) is 0 Å². The zero-order valence-corrected chi connectivity index (χ0v) is 15.6. The van der Waals surface area contributed by atoms with Crippen LogP contribution in [0.1, 0.15) is 16.7 Å². The number of halogens is 1. The SMILES string of the molecule is CN=C(NCC(O)c1ccc(Cl)s1)N1CCN(Cc2ccon2)CC1. The maximum Gasteiger partial charge on any atom is 0.193 e. The zero-order valence-electron chi connectivity index (χ0n) is 14.1. The molecule has 0 aromatic carbocycles. The van der Waals surface area contributed by atoms with E-state index < -0.39 is 6.10 Å². The van der Waals surface area contributed by atoms with Crippen LogP contribution in [0.3, 0.4) is 0 Å². The molecule has 1 atom stereocenters. The van der Waals surface area contributed by atoms with Crippen molar-refractivity contribution < 1.29 is 9.63 Å². The lowest BCUT2D eigenvalue weighted by atomic mass is 10.3. The van der Waals surface area contributed by atoms with Gasteiger partial charge in [-0.05, 0) is 12.1 Å². The molecule has 0 spiro atoms. The van der Waals surface area contributed by atoms with E-state index >= 15 is 0 Å². The van der Waals surface area contributed by atoms with Crippen LogP contribution < -0.4 is 5.32 Å². The summed E-state index contributed by atoms with van der Waals surface area (Å²) in [6, 6.07) is 5.55. The van der Waals surface area contributed by atoms with Gasteiger partial charge in [0, 0.05) is 57.3 Å². The molecule has 7 nitrogen and oxygen atoms in total. The predicted molar refractivity (Wildman–Crippen MR) is 99.0 cm³/mol. The summed E-state index contributed by atoms with van der Waals surface area (Å²) < 4.78 is 5.56. The van der Waals surface area contributed by atoms with Gasteiger partial charge in [-0.25, -0.2) is 0 Å². The highest BCUT2D eigenvalue weighted by Crippen LogP contribution is 2.26. The number of aliphatic hydroxyl groups is 1. The smallest absolute Gasteiger partial charge is 0.193 e. The summed E-state index contributed by atoms with van der Waals surface area (Å²) in [5, 5.41) is 17.5. The maximum atomic E-state index is 10.3. The Kier molecular flexibility index (Phi) is 6.30. The third kappa shape index (κ3) is 4.94. The highest BCUT2D eigenvalue weighted by atomic mass is 35.5. The van der Waals surface area contributed by atoms with Crippen molar-refractivity contribution in [3.05, 3.63) is 39.4 Å². The molecule has 136 valence electrons. The van der Waals surface area contributed by atoms with Crippen LogP contribution in [-0.2, 0) is 6.54 Å². The van der Waals surface area contributed by atoms with Crippen LogP contribution in [0.2, 0.25) is 4.34 Å². The lowest BCUT2D eigenvalue weighted by Crippen LogP contribution is -2.52. The van der Waals surface area contributed by atoms with Gasteiger partial charge in [-0.2, -0.15) is 0 Å². The summed E-state index contributed by atoms with van der Waals surface area (Å²) in [7, 11) is 1.76. The van der Waals surface area contributed by atoms with Gasteiger partial charge in [0.25, 0.3) is 0 Å². The van der Waals surface area contributed by atoms with Crippen LogP contribution in [0.25, 0.3) is 0 Å². The van der Waals surface area contributed by atoms with Crippen molar-refractivity contribution in [3.8, 4) is 0 Å². The molecule has 1 unspecified atom stereocenters. The first-order valence-corrected chi connectivity index (χ1v) is 9.35. The topological polar surface area (TPSA) is 77.1 Å². The molecule has 1 aliphatic heterocycles. The van der Waals surface area contributed by atoms with Crippen LogP contribution in [0, 0.1) is 0 Å². The Morgan fingerprint density at radius 2 is 2.20 bits per heavy atom. The largest absolute Gasteiger partial charge is 0.386 e. The molecule has 9 heteroatoms. The quantitative estimate of drug-likeness (QED) is 0.605. The predicted octanol–water partition coefficient (Wildman–Crippen LogP) is 1.82. The minimum absolute atomic E-state index is 0.405. The fourth-order valence-corrected chi connectivity index (χ4v) is 3.84. The number of hydrogen-bond donors (Lipinski definition) is 2. The molecular weight excluding hydrogens is 362 g/mol. The molecular formula is C16H22ClN5O2S. The number of aromatic nitrogens is 1. The first-order valence-electron chi connectivity index (χ1n) is 8.16. The van der Waals surface area contributed by atoms with Crippen molar-refractivity contribution in [2.24, 2.45) is 4.99 Å². The van der Waals surface area contributed by atoms with Gasteiger partial charge >= 0.3 is 0 Å². The Hall–Kier alpha value is -1.61. The van der Waals surface area contributed by atoms with E-state index in [1.807, 2.05) is 12.1 Å². The van der Waals surface area contributed by atoms with Gasteiger partial charge in [0.15, 0.2) is 5.96 Å². The number of thiophene rings is 1. The Morgan fingerprint density at radius 1 is 1.40 bits per heavy atom. The monoisotopic (exact) mass is 383 g/mol. The normalized spacial score (nSPS) is 17.7. The molecule has 3 rings (SSSR count). The molecule has 1 aliphatic rings. The van der Waals surface area contributed by atoms with Crippen molar-refractivity contribution >= 4 is 28.9 Å². The molecule has 2 aromatic heterocycles. The zero-order chi connectivity index (χ0) is 17.6. The van der Waals surface area contributed by atoms with Gasteiger partial charge in [0.05, 0.1) is 10.0 Å². The Morgan fingerprint density at radius 3 is 2.80 bits per heavy atom. The van der Waals surface area contributed by atoms with Gasteiger partial charge in [-0.15, -0.1) is 11.3 Å². The van der Waals surface area contributed by atoms with Crippen LogP contribution in [0.15, 0.2) is 34.0 Å². The number of rotatable bonds is 5. The Bertz CT molecular complexity index is 683. The van der Waals surface area contributed by atoms with E-state index in [0.717, 1.165) is 49.3 Å². The van der Waals surface area contributed by atoms with Gasteiger partial charge in [0.1, 0.15) is 12.4 Å². The van der Waals surface area contributed by atoms with Crippen molar-refractivity contribution in [1.82, 2.24) is 20.3 Å². The van der Waals surface area contributed by atoms with Gasteiger partial charge in [-0.3, -0.25) is 9.89 Å². The third-order valence-corrected chi connectivity index (χ3v) is 5.47. The lowest BCUT2D eigenvalue weighted by molar-refractivity contribution is 0.162. The van der Waals surface area contributed by atoms with E-state index in [0.29, 0.717) is 10.9 Å². The average molecular weight is 384 g/mol. The minimum Gasteiger partial charge on any atom is -0.386 e. The molecule has 0 amide bonds. The number of nitrogens with zero attached hydrogens (tertiary/aromatic N) is 4. The van der Waals surface area contributed by atoms with Crippen molar-refractivity contribution in [2.45, 2.75) is 12.6 Å². The molecule has 2 N–H and O–H groups in total. The number of aliphatic imine (C=N–C) groups is 1. The Balaban J connectivity index is 1.46. The summed E-state index contributed by atoms with van der Waals surface area (Å²) in [6.07, 6.45) is 1.01. The number of guanidine groups is 1. The van der Waals surface area contributed by atoms with Crippen LogP contribution >= 0.6 is 22.9 Å². The van der Waals surface area contributed by atoms with Crippen LogP contribution in [0.5, 0.6) is 0 Å². The van der Waals surface area contributed by atoms with Crippen LogP contribution in [-0.4, -0.2) is 65.8 Å². The minimum atomic E-state index is -0.595. The second-order valence-corrected chi connectivity index (χ2v) is 7.59. The number of aliphatic hydroxyl groups excluding tert-OH is 1. The molecule has 0 aliphatic carbocycles. The summed E-state index contributed by atoms with van der Waals surface area (Å²) in [4.78, 5) is 9.73. The fraction of sp³-hybridized carbons (Fsp3) is 0.500. The second-order valence-electron chi connectivity index (χ2n) is 5.84. The summed E-state index contributed by atoms with van der Waals surface area (Å²) >= 11 is 7.31. The van der Waals surface area contributed by atoms with Crippen molar-refractivity contribution in [2.75, 3.05) is 39.8 Å². The second kappa shape index (κ2) is 8.66.